The number of hydrogen-bond donors (Lipinski definition) is 0. The summed E-state index contributed by atoms with van der Waals surface area (Å²) in [5, 5.41) is 1.38. The van der Waals surface area contributed by atoms with E-state index in [1.54, 1.807) is 7.11 Å². The lowest BCUT2D eigenvalue weighted by Gasteiger charge is -2.13. The minimum absolute atomic E-state index is 0.176. The van der Waals surface area contributed by atoms with Gasteiger partial charge in [-0.05, 0) is 36.1 Å². The van der Waals surface area contributed by atoms with Gasteiger partial charge in [-0.3, -0.25) is 0 Å². The van der Waals surface area contributed by atoms with E-state index >= 15 is 0 Å². The Labute approximate surface area is 95.3 Å². The maximum absolute atomic E-state index is 5.12. The zero-order valence-corrected chi connectivity index (χ0v) is 11.3. The molecule has 0 amide bonds. The second-order valence-corrected chi connectivity index (χ2v) is 7.81. The van der Waals surface area contributed by atoms with Crippen molar-refractivity contribution in [3.05, 3.63) is 24.3 Å². The Morgan fingerprint density at radius 2 is 1.86 bits per heavy atom. The van der Waals surface area contributed by atoms with E-state index in [1.807, 2.05) is 12.1 Å². The molecule has 14 heavy (non-hydrogen) atoms. The van der Waals surface area contributed by atoms with Gasteiger partial charge in [0.2, 0.25) is 0 Å². The van der Waals surface area contributed by atoms with E-state index < -0.39 is 0 Å². The highest BCUT2D eigenvalue weighted by Crippen LogP contribution is 2.44. The lowest BCUT2D eigenvalue weighted by atomic mass is 10.3. The number of hydrogen-bond acceptors (Lipinski definition) is 1. The maximum Gasteiger partial charge on any atom is 0.118 e. The fraction of sp³-hybridized carbons (Fsp3) is 0.455. The van der Waals surface area contributed by atoms with Crippen LogP contribution >= 0.6 is 22.1 Å². The summed E-state index contributed by atoms with van der Waals surface area (Å²) < 4.78 is 5.12. The van der Waals surface area contributed by atoms with Crippen LogP contribution in [0.5, 0.6) is 5.75 Å². The molecule has 1 aromatic rings. The summed E-state index contributed by atoms with van der Waals surface area (Å²) >= 11 is 3.76. The number of halogens is 1. The molecule has 0 saturated heterocycles. The second-order valence-electron chi connectivity index (χ2n) is 3.64. The average Bonchev–Trinajstić information content (AvgIpc) is 2.17. The quantitative estimate of drug-likeness (QED) is 0.760. The third-order valence-corrected chi connectivity index (χ3v) is 5.88. The smallest absolute Gasteiger partial charge is 0.118 e. The molecule has 0 saturated carbocycles. The van der Waals surface area contributed by atoms with Crippen molar-refractivity contribution in [1.82, 2.24) is 0 Å². The highest BCUT2D eigenvalue weighted by molar-refractivity contribution is 9.40. The van der Waals surface area contributed by atoms with E-state index in [0.29, 0.717) is 0 Å². The predicted molar refractivity (Wildman–Crippen MR) is 68.2 cm³/mol. The van der Waals surface area contributed by atoms with Crippen LogP contribution in [-0.4, -0.2) is 13.3 Å². The van der Waals surface area contributed by atoms with Crippen molar-refractivity contribution in [3.8, 4) is 5.75 Å². The molecule has 0 spiro atoms. The van der Waals surface area contributed by atoms with E-state index in [-0.39, 0.29) is 6.62 Å². The van der Waals surface area contributed by atoms with Gasteiger partial charge in [-0.25, -0.2) is 0 Å². The Balaban J connectivity index is 2.66. The van der Waals surface area contributed by atoms with Crippen LogP contribution in [0, 0.1) is 5.92 Å². The molecule has 1 rings (SSSR count). The van der Waals surface area contributed by atoms with E-state index in [4.69, 9.17) is 4.74 Å². The molecule has 0 aliphatic rings. The summed E-state index contributed by atoms with van der Waals surface area (Å²) in [6, 6.07) is 8.32. The van der Waals surface area contributed by atoms with Gasteiger partial charge in [0, 0.05) is 0 Å². The van der Waals surface area contributed by atoms with Gasteiger partial charge in [0.05, 0.1) is 7.11 Å². The van der Waals surface area contributed by atoms with Gasteiger partial charge in [0.25, 0.3) is 0 Å². The molecule has 0 aromatic heterocycles. The van der Waals surface area contributed by atoms with Gasteiger partial charge >= 0.3 is 0 Å². The Morgan fingerprint density at radius 3 is 2.29 bits per heavy atom. The third kappa shape index (κ3) is 3.59. The highest BCUT2D eigenvalue weighted by Gasteiger charge is 2.08. The van der Waals surface area contributed by atoms with Crippen molar-refractivity contribution < 1.29 is 4.74 Å². The van der Waals surface area contributed by atoms with Crippen LogP contribution in [-0.2, 0) is 0 Å². The Morgan fingerprint density at radius 1 is 1.29 bits per heavy atom. The number of ether oxygens (including phenoxy) is 1. The molecule has 0 fully saturated rings. The minimum Gasteiger partial charge on any atom is -0.497 e. The molecule has 1 atom stereocenters. The van der Waals surface area contributed by atoms with Crippen molar-refractivity contribution in [2.45, 2.75) is 13.8 Å². The van der Waals surface area contributed by atoms with Crippen molar-refractivity contribution in [1.29, 1.82) is 0 Å². The van der Waals surface area contributed by atoms with E-state index in [1.165, 1.54) is 11.5 Å². The molecule has 0 heterocycles. The molecule has 1 aromatic carbocycles. The van der Waals surface area contributed by atoms with Crippen LogP contribution in [0.25, 0.3) is 0 Å². The standard InChI is InChI=1S/C11H16BrOP/c1-9(2)8-14(12)11-6-4-10(13-3)5-7-11/h4-7,9H,8H2,1-3H3. The monoisotopic (exact) mass is 274 g/mol. The van der Waals surface area contributed by atoms with Crippen LogP contribution in [0.3, 0.4) is 0 Å². The van der Waals surface area contributed by atoms with Crippen LogP contribution in [0.15, 0.2) is 24.3 Å². The lowest BCUT2D eigenvalue weighted by molar-refractivity contribution is 0.415. The normalized spacial score (nSPS) is 12.9. The molecule has 1 nitrogen and oxygen atoms in total. The fourth-order valence-corrected chi connectivity index (χ4v) is 4.94. The average molecular weight is 275 g/mol. The largest absolute Gasteiger partial charge is 0.497 e. The summed E-state index contributed by atoms with van der Waals surface area (Å²) in [6.45, 7) is 4.32. The van der Waals surface area contributed by atoms with Gasteiger partial charge in [-0.15, -0.1) is 0 Å². The predicted octanol–water partition coefficient (Wildman–Crippen LogP) is 3.77. The fourth-order valence-electron chi connectivity index (χ4n) is 1.17. The number of rotatable bonds is 4. The Hall–Kier alpha value is -0.0700. The van der Waals surface area contributed by atoms with Crippen LogP contribution < -0.4 is 10.0 Å². The first-order valence-corrected chi connectivity index (χ1v) is 8.25. The number of methoxy groups -OCH3 is 1. The van der Waals surface area contributed by atoms with Gasteiger partial charge in [-0.1, -0.05) is 41.5 Å². The SMILES string of the molecule is COc1ccc(P(Br)CC(C)C)cc1. The van der Waals surface area contributed by atoms with Crippen molar-refractivity contribution in [2.24, 2.45) is 5.92 Å². The van der Waals surface area contributed by atoms with Crippen molar-refractivity contribution in [3.63, 3.8) is 0 Å². The molecule has 0 aliphatic heterocycles. The van der Waals surface area contributed by atoms with Crippen LogP contribution in [0.2, 0.25) is 0 Å². The van der Waals surface area contributed by atoms with Gasteiger partial charge < -0.3 is 4.74 Å². The maximum atomic E-state index is 5.12. The molecular weight excluding hydrogens is 259 g/mol. The summed E-state index contributed by atoms with van der Waals surface area (Å²) in [5.41, 5.74) is 0. The van der Waals surface area contributed by atoms with Crippen molar-refractivity contribution in [2.75, 3.05) is 13.3 Å². The van der Waals surface area contributed by atoms with E-state index in [9.17, 15) is 0 Å². The topological polar surface area (TPSA) is 9.23 Å². The lowest BCUT2D eigenvalue weighted by Crippen LogP contribution is -2.02. The summed E-state index contributed by atoms with van der Waals surface area (Å²) in [7, 11) is 1.69. The summed E-state index contributed by atoms with van der Waals surface area (Å²) in [5.74, 6) is 1.66. The Kier molecular flexibility index (Phi) is 4.91. The molecule has 1 unspecified atom stereocenters. The molecule has 0 aliphatic carbocycles. The first-order chi connectivity index (χ1) is 6.63. The van der Waals surface area contributed by atoms with E-state index in [0.717, 1.165) is 11.7 Å². The van der Waals surface area contributed by atoms with Gasteiger partial charge in [-0.2, -0.15) is 0 Å². The molecular formula is C11H16BrOP. The van der Waals surface area contributed by atoms with Gasteiger partial charge in [0.15, 0.2) is 0 Å². The molecule has 0 N–H and O–H groups in total. The molecule has 78 valence electrons. The second kappa shape index (κ2) is 5.72. The van der Waals surface area contributed by atoms with E-state index in [2.05, 4.69) is 41.5 Å². The third-order valence-electron chi connectivity index (χ3n) is 1.88. The van der Waals surface area contributed by atoms with Crippen LogP contribution in [0.1, 0.15) is 13.8 Å². The first-order valence-electron chi connectivity index (χ1n) is 4.71. The Bertz CT molecular complexity index is 271. The first kappa shape index (κ1) is 12.0. The summed E-state index contributed by atoms with van der Waals surface area (Å²) in [6.07, 6.45) is 1.22. The molecule has 0 radical (unpaired) electrons. The zero-order chi connectivity index (χ0) is 10.6. The molecule has 0 bridgehead atoms. The van der Waals surface area contributed by atoms with Crippen LogP contribution in [0.4, 0.5) is 0 Å². The number of benzene rings is 1. The highest BCUT2D eigenvalue weighted by atomic mass is 79.9. The summed E-state index contributed by atoms with van der Waals surface area (Å²) in [4.78, 5) is 0. The zero-order valence-electron chi connectivity index (χ0n) is 8.83. The van der Waals surface area contributed by atoms with Gasteiger partial charge in [0.1, 0.15) is 5.75 Å². The molecule has 3 heteroatoms. The van der Waals surface area contributed by atoms with Crippen molar-refractivity contribution >= 4 is 27.4 Å². The minimum atomic E-state index is -0.176.